The van der Waals surface area contributed by atoms with Crippen LogP contribution in [0.1, 0.15) is 30.1 Å². The van der Waals surface area contributed by atoms with Crippen LogP contribution in [0.4, 0.5) is 0 Å². The minimum Gasteiger partial charge on any atom is -0.383 e. The molecule has 1 fully saturated rings. The standard InChI is InChI=1S/C28H28N4O4S/c1-3-31-24-7-5-4-6-21(24)22-16-18(8-12-25(22)31)27-29-23-17-19(9-13-26(23)32(27)14-15-36-2)28(33)30-37(34,35)20-10-11-20/h4-9,12-13,16-17,20H,3,10-11,14-15H2,1-2H3,(H,30,33). The molecule has 0 atom stereocenters. The number of hydrogen-bond acceptors (Lipinski definition) is 5. The molecule has 9 heteroatoms. The number of sulfonamides is 1. The first-order valence-corrected chi connectivity index (χ1v) is 14.0. The number of nitrogens with one attached hydrogen (secondary N) is 1. The Balaban J connectivity index is 1.46. The SMILES string of the molecule is CCn1c2ccccc2c2cc(-c3nc4cc(C(=O)NS(=O)(=O)C5CC5)ccc4n3CCOC)ccc21. The molecule has 190 valence electrons. The van der Waals surface area contributed by atoms with Crippen LogP contribution >= 0.6 is 0 Å². The van der Waals surface area contributed by atoms with Crippen LogP contribution in [0, 0.1) is 0 Å². The number of methoxy groups -OCH3 is 1. The Morgan fingerprint density at radius 1 is 1.00 bits per heavy atom. The van der Waals surface area contributed by atoms with Crippen molar-refractivity contribution in [3.8, 4) is 11.4 Å². The van der Waals surface area contributed by atoms with Gasteiger partial charge >= 0.3 is 0 Å². The van der Waals surface area contributed by atoms with Crippen molar-refractivity contribution in [3.05, 3.63) is 66.2 Å². The lowest BCUT2D eigenvalue weighted by Gasteiger charge is -2.10. The number of rotatable bonds is 8. The fourth-order valence-corrected chi connectivity index (χ4v) is 6.38. The number of fused-ring (bicyclic) bond motifs is 4. The zero-order chi connectivity index (χ0) is 25.7. The molecule has 0 radical (unpaired) electrons. The van der Waals surface area contributed by atoms with E-state index in [1.807, 2.05) is 6.07 Å². The summed E-state index contributed by atoms with van der Waals surface area (Å²) in [6.45, 7) is 4.10. The maximum absolute atomic E-state index is 12.7. The van der Waals surface area contributed by atoms with Gasteiger partial charge in [-0.1, -0.05) is 18.2 Å². The van der Waals surface area contributed by atoms with E-state index in [-0.39, 0.29) is 5.56 Å². The van der Waals surface area contributed by atoms with E-state index >= 15 is 0 Å². The van der Waals surface area contributed by atoms with Crippen LogP contribution in [0.5, 0.6) is 0 Å². The molecule has 1 saturated carbocycles. The fraction of sp³-hybridized carbons (Fsp3) is 0.286. The van der Waals surface area contributed by atoms with Gasteiger partial charge in [-0.25, -0.2) is 18.1 Å². The average Bonchev–Trinajstić information content (AvgIpc) is 3.64. The van der Waals surface area contributed by atoms with Gasteiger partial charge in [-0.3, -0.25) is 4.79 Å². The molecule has 2 heterocycles. The normalized spacial score (nSPS) is 14.1. The molecule has 6 rings (SSSR count). The third-order valence-corrected chi connectivity index (χ3v) is 8.89. The van der Waals surface area contributed by atoms with Crippen molar-refractivity contribution < 1.29 is 17.9 Å². The first kappa shape index (κ1) is 23.7. The lowest BCUT2D eigenvalue weighted by molar-refractivity contribution is 0.0981. The third-order valence-electron chi connectivity index (χ3n) is 7.07. The number of hydrogen-bond donors (Lipinski definition) is 1. The van der Waals surface area contributed by atoms with Gasteiger partial charge < -0.3 is 13.9 Å². The van der Waals surface area contributed by atoms with Gasteiger partial charge in [0.05, 0.1) is 22.9 Å². The van der Waals surface area contributed by atoms with E-state index in [0.29, 0.717) is 31.5 Å². The summed E-state index contributed by atoms with van der Waals surface area (Å²) in [5, 5.41) is 1.89. The Labute approximate surface area is 214 Å². The van der Waals surface area contributed by atoms with Gasteiger partial charge in [0.25, 0.3) is 5.91 Å². The first-order chi connectivity index (χ1) is 17.9. The number of aryl methyl sites for hydroxylation is 1. The molecular weight excluding hydrogens is 488 g/mol. The van der Waals surface area contributed by atoms with E-state index in [1.165, 1.54) is 16.4 Å². The topological polar surface area (TPSA) is 95.2 Å². The maximum atomic E-state index is 12.7. The zero-order valence-corrected chi connectivity index (χ0v) is 21.6. The summed E-state index contributed by atoms with van der Waals surface area (Å²) >= 11 is 0. The van der Waals surface area contributed by atoms with Gasteiger partial charge in [-0.15, -0.1) is 0 Å². The first-order valence-electron chi connectivity index (χ1n) is 12.5. The van der Waals surface area contributed by atoms with Crippen molar-refractivity contribution in [1.82, 2.24) is 18.8 Å². The lowest BCUT2D eigenvalue weighted by Crippen LogP contribution is -2.33. The Hall–Kier alpha value is -3.69. The second kappa shape index (κ2) is 9.00. The highest BCUT2D eigenvalue weighted by Crippen LogP contribution is 2.34. The largest absolute Gasteiger partial charge is 0.383 e. The molecule has 37 heavy (non-hydrogen) atoms. The summed E-state index contributed by atoms with van der Waals surface area (Å²) in [6.07, 6.45) is 1.19. The van der Waals surface area contributed by atoms with Crippen LogP contribution in [0.3, 0.4) is 0 Å². The van der Waals surface area contributed by atoms with E-state index in [4.69, 9.17) is 9.72 Å². The number of imidazole rings is 1. The molecule has 1 N–H and O–H groups in total. The number of carbonyl (C=O) groups is 1. The minimum atomic E-state index is -3.63. The van der Waals surface area contributed by atoms with Crippen LogP contribution in [-0.4, -0.2) is 47.4 Å². The Bertz CT molecular complexity index is 1780. The van der Waals surface area contributed by atoms with Crippen LogP contribution < -0.4 is 4.72 Å². The Morgan fingerprint density at radius 2 is 1.76 bits per heavy atom. The Morgan fingerprint density at radius 3 is 2.51 bits per heavy atom. The third kappa shape index (κ3) is 4.08. The highest BCUT2D eigenvalue weighted by atomic mass is 32.2. The van der Waals surface area contributed by atoms with E-state index in [1.54, 1.807) is 19.2 Å². The lowest BCUT2D eigenvalue weighted by atomic mass is 10.1. The van der Waals surface area contributed by atoms with Crippen molar-refractivity contribution in [2.24, 2.45) is 0 Å². The van der Waals surface area contributed by atoms with Crippen molar-refractivity contribution in [3.63, 3.8) is 0 Å². The molecular formula is C28H28N4O4S. The van der Waals surface area contributed by atoms with Crippen molar-refractivity contribution in [2.45, 2.75) is 38.1 Å². The second-order valence-electron chi connectivity index (χ2n) is 9.45. The number of para-hydroxylation sites is 1. The van der Waals surface area contributed by atoms with Crippen LogP contribution in [0.25, 0.3) is 44.2 Å². The molecule has 0 unspecified atom stereocenters. The van der Waals surface area contributed by atoms with Crippen LogP contribution in [0.2, 0.25) is 0 Å². The minimum absolute atomic E-state index is 0.265. The highest BCUT2D eigenvalue weighted by molar-refractivity contribution is 7.91. The number of amides is 1. The molecule has 0 saturated heterocycles. The predicted octanol–water partition coefficient (Wildman–Crippen LogP) is 4.70. The van der Waals surface area contributed by atoms with Gasteiger partial charge in [0.2, 0.25) is 10.0 Å². The molecule has 0 bridgehead atoms. The second-order valence-corrected chi connectivity index (χ2v) is 11.4. The van der Waals surface area contributed by atoms with Crippen molar-refractivity contribution >= 4 is 48.8 Å². The summed E-state index contributed by atoms with van der Waals surface area (Å²) in [5.74, 6) is 0.140. The van der Waals surface area contributed by atoms with Crippen LogP contribution in [0.15, 0.2) is 60.7 Å². The monoisotopic (exact) mass is 516 g/mol. The fourth-order valence-electron chi connectivity index (χ4n) is 5.08. The van der Waals surface area contributed by atoms with Crippen LogP contribution in [-0.2, 0) is 27.8 Å². The molecule has 0 aliphatic heterocycles. The maximum Gasteiger partial charge on any atom is 0.264 e. The van der Waals surface area contributed by atoms with E-state index in [0.717, 1.165) is 28.8 Å². The number of benzene rings is 3. The van der Waals surface area contributed by atoms with Crippen molar-refractivity contribution in [2.75, 3.05) is 13.7 Å². The number of aromatic nitrogens is 3. The number of ether oxygens (including phenoxy) is 1. The summed E-state index contributed by atoms with van der Waals surface area (Å²) in [5.41, 5.74) is 5.07. The molecule has 2 aromatic heterocycles. The molecule has 8 nitrogen and oxygen atoms in total. The highest BCUT2D eigenvalue weighted by Gasteiger charge is 2.37. The summed E-state index contributed by atoms with van der Waals surface area (Å²) < 4.78 is 36.5. The molecule has 1 aliphatic carbocycles. The predicted molar refractivity (Wildman–Crippen MR) is 145 cm³/mol. The van der Waals surface area contributed by atoms with E-state index in [2.05, 4.69) is 63.2 Å². The van der Waals surface area contributed by atoms with Gasteiger partial charge in [0.15, 0.2) is 0 Å². The summed E-state index contributed by atoms with van der Waals surface area (Å²) in [6, 6.07) is 19.9. The van der Waals surface area contributed by atoms with E-state index < -0.39 is 21.2 Å². The smallest absolute Gasteiger partial charge is 0.264 e. The van der Waals surface area contributed by atoms with Gasteiger partial charge in [0, 0.05) is 53.1 Å². The van der Waals surface area contributed by atoms with Crippen molar-refractivity contribution in [1.29, 1.82) is 0 Å². The molecule has 1 amide bonds. The quantitative estimate of drug-likeness (QED) is 0.323. The molecule has 3 aromatic carbocycles. The Kier molecular flexibility index (Phi) is 5.77. The zero-order valence-electron chi connectivity index (χ0n) is 20.8. The summed E-state index contributed by atoms with van der Waals surface area (Å²) in [4.78, 5) is 17.6. The average molecular weight is 517 g/mol. The van der Waals surface area contributed by atoms with E-state index in [9.17, 15) is 13.2 Å². The van der Waals surface area contributed by atoms with Gasteiger partial charge in [-0.2, -0.15) is 0 Å². The van der Waals surface area contributed by atoms with Gasteiger partial charge in [-0.05, 0) is 62.2 Å². The summed E-state index contributed by atoms with van der Waals surface area (Å²) in [7, 11) is -1.97. The molecule has 0 spiro atoms. The molecule has 5 aromatic rings. The number of nitrogens with zero attached hydrogens (tertiary/aromatic N) is 3. The van der Waals surface area contributed by atoms with Gasteiger partial charge in [0.1, 0.15) is 5.82 Å². The number of carbonyl (C=O) groups excluding carboxylic acids is 1. The molecule has 1 aliphatic rings.